The van der Waals surface area contributed by atoms with E-state index in [1.807, 2.05) is 6.92 Å². The summed E-state index contributed by atoms with van der Waals surface area (Å²) in [4.78, 5) is 10.7. The molecule has 0 atom stereocenters. The fourth-order valence-electron chi connectivity index (χ4n) is 1.37. The third-order valence-electron chi connectivity index (χ3n) is 2.27. The SMILES string of the molecule is C=CC(=O)OCCCCCCO/C(C)=C/CC. The molecule has 3 nitrogen and oxygen atoms in total. The smallest absolute Gasteiger partial charge is 0.330 e. The molecular weight excluding hydrogens is 216 g/mol. The quantitative estimate of drug-likeness (QED) is 0.253. The number of hydrogen-bond donors (Lipinski definition) is 0. The largest absolute Gasteiger partial charge is 0.499 e. The molecule has 3 heteroatoms. The van der Waals surface area contributed by atoms with Crippen LogP contribution in [0.25, 0.3) is 0 Å². The van der Waals surface area contributed by atoms with E-state index in [1.54, 1.807) is 0 Å². The minimum absolute atomic E-state index is 0.339. The van der Waals surface area contributed by atoms with Gasteiger partial charge in [-0.1, -0.05) is 13.5 Å². The molecule has 0 heterocycles. The lowest BCUT2D eigenvalue weighted by Crippen LogP contribution is -2.01. The molecule has 0 aliphatic heterocycles. The Morgan fingerprint density at radius 1 is 1.12 bits per heavy atom. The Morgan fingerprint density at radius 3 is 2.24 bits per heavy atom. The predicted octanol–water partition coefficient (Wildman–Crippen LogP) is 3.61. The molecule has 0 aliphatic carbocycles. The Labute approximate surface area is 104 Å². The van der Waals surface area contributed by atoms with Crippen LogP contribution in [0.4, 0.5) is 0 Å². The van der Waals surface area contributed by atoms with Crippen LogP contribution < -0.4 is 0 Å². The van der Waals surface area contributed by atoms with E-state index in [0.29, 0.717) is 6.61 Å². The number of unbranched alkanes of at least 4 members (excludes halogenated alkanes) is 3. The van der Waals surface area contributed by atoms with E-state index in [-0.39, 0.29) is 5.97 Å². The summed E-state index contributed by atoms with van der Waals surface area (Å²) < 4.78 is 10.4. The summed E-state index contributed by atoms with van der Waals surface area (Å²) in [5.41, 5.74) is 0. The second kappa shape index (κ2) is 11.2. The average Bonchev–Trinajstić information content (AvgIpc) is 2.32. The fourth-order valence-corrected chi connectivity index (χ4v) is 1.37. The van der Waals surface area contributed by atoms with Crippen molar-refractivity contribution >= 4 is 5.97 Å². The predicted molar refractivity (Wildman–Crippen MR) is 69.6 cm³/mol. The normalized spacial score (nSPS) is 11.1. The molecule has 0 saturated carbocycles. The van der Waals surface area contributed by atoms with E-state index in [0.717, 1.165) is 44.5 Å². The van der Waals surface area contributed by atoms with Gasteiger partial charge >= 0.3 is 5.97 Å². The van der Waals surface area contributed by atoms with Gasteiger partial charge in [0.1, 0.15) is 0 Å². The lowest BCUT2D eigenvalue weighted by atomic mass is 10.2. The van der Waals surface area contributed by atoms with Crippen molar-refractivity contribution in [3.8, 4) is 0 Å². The van der Waals surface area contributed by atoms with E-state index < -0.39 is 0 Å². The first-order valence-electron chi connectivity index (χ1n) is 6.29. The van der Waals surface area contributed by atoms with Crippen LogP contribution >= 0.6 is 0 Å². The molecule has 0 aromatic rings. The van der Waals surface area contributed by atoms with Gasteiger partial charge in [0.25, 0.3) is 0 Å². The number of carbonyl (C=O) groups excluding carboxylic acids is 1. The van der Waals surface area contributed by atoms with Gasteiger partial charge in [0.2, 0.25) is 0 Å². The first kappa shape index (κ1) is 15.8. The third kappa shape index (κ3) is 11.0. The van der Waals surface area contributed by atoms with Crippen molar-refractivity contribution in [2.45, 2.75) is 46.0 Å². The Balaban J connectivity index is 3.21. The molecule has 0 amide bonds. The second-order valence-corrected chi connectivity index (χ2v) is 3.86. The number of allylic oxidation sites excluding steroid dienone is 2. The van der Waals surface area contributed by atoms with Gasteiger partial charge in [0, 0.05) is 6.08 Å². The van der Waals surface area contributed by atoms with Crippen molar-refractivity contribution in [3.63, 3.8) is 0 Å². The number of ether oxygens (including phenoxy) is 2. The molecule has 0 aromatic heterocycles. The summed E-state index contributed by atoms with van der Waals surface area (Å²) in [7, 11) is 0. The summed E-state index contributed by atoms with van der Waals surface area (Å²) in [6.07, 6.45) is 8.40. The van der Waals surface area contributed by atoms with Crippen LogP contribution in [0.1, 0.15) is 46.0 Å². The van der Waals surface area contributed by atoms with Crippen molar-refractivity contribution in [1.29, 1.82) is 0 Å². The van der Waals surface area contributed by atoms with Crippen LogP contribution in [0.2, 0.25) is 0 Å². The van der Waals surface area contributed by atoms with Crippen molar-refractivity contribution in [2.24, 2.45) is 0 Å². The van der Waals surface area contributed by atoms with Gasteiger partial charge in [-0.2, -0.15) is 0 Å². The Kier molecular flexibility index (Phi) is 10.4. The molecule has 0 rings (SSSR count). The summed E-state index contributed by atoms with van der Waals surface area (Å²) in [6.45, 7) is 8.67. The standard InChI is InChI=1S/C14H24O3/c1-4-10-13(3)16-11-8-6-7-9-12-17-14(15)5-2/h5,10H,2,4,6-9,11-12H2,1,3H3/b13-10+. The highest BCUT2D eigenvalue weighted by Crippen LogP contribution is 2.04. The van der Waals surface area contributed by atoms with Crippen molar-refractivity contribution < 1.29 is 14.3 Å². The van der Waals surface area contributed by atoms with E-state index in [9.17, 15) is 4.79 Å². The third-order valence-corrected chi connectivity index (χ3v) is 2.27. The monoisotopic (exact) mass is 240 g/mol. The Morgan fingerprint density at radius 2 is 1.71 bits per heavy atom. The zero-order chi connectivity index (χ0) is 12.9. The van der Waals surface area contributed by atoms with Crippen LogP contribution in [-0.4, -0.2) is 19.2 Å². The zero-order valence-corrected chi connectivity index (χ0v) is 11.0. The summed E-state index contributed by atoms with van der Waals surface area (Å²) in [5, 5.41) is 0. The van der Waals surface area contributed by atoms with Gasteiger partial charge in [-0.15, -0.1) is 0 Å². The molecule has 0 N–H and O–H groups in total. The van der Waals surface area contributed by atoms with Gasteiger partial charge in [0.15, 0.2) is 0 Å². The van der Waals surface area contributed by atoms with Gasteiger partial charge in [0.05, 0.1) is 19.0 Å². The zero-order valence-electron chi connectivity index (χ0n) is 11.0. The summed E-state index contributed by atoms with van der Waals surface area (Å²) in [5.74, 6) is 0.668. The van der Waals surface area contributed by atoms with E-state index in [4.69, 9.17) is 9.47 Å². The molecular formula is C14H24O3. The highest BCUT2D eigenvalue weighted by Gasteiger charge is 1.95. The molecule has 0 saturated heterocycles. The van der Waals surface area contributed by atoms with E-state index in [1.165, 1.54) is 6.08 Å². The van der Waals surface area contributed by atoms with Crippen molar-refractivity contribution in [1.82, 2.24) is 0 Å². The molecule has 0 unspecified atom stereocenters. The topological polar surface area (TPSA) is 35.5 Å². The van der Waals surface area contributed by atoms with Crippen LogP contribution in [0.15, 0.2) is 24.5 Å². The van der Waals surface area contributed by atoms with Crippen LogP contribution in [0, 0.1) is 0 Å². The van der Waals surface area contributed by atoms with Crippen molar-refractivity contribution in [2.75, 3.05) is 13.2 Å². The molecule has 0 aromatic carbocycles. The molecule has 0 aliphatic rings. The van der Waals surface area contributed by atoms with Gasteiger partial charge in [-0.25, -0.2) is 4.79 Å². The van der Waals surface area contributed by atoms with E-state index >= 15 is 0 Å². The lowest BCUT2D eigenvalue weighted by molar-refractivity contribution is -0.137. The average molecular weight is 240 g/mol. The highest BCUT2D eigenvalue weighted by molar-refractivity contribution is 5.81. The molecule has 0 bridgehead atoms. The summed E-state index contributed by atoms with van der Waals surface area (Å²) >= 11 is 0. The van der Waals surface area contributed by atoms with Gasteiger partial charge < -0.3 is 9.47 Å². The molecule has 0 radical (unpaired) electrons. The van der Waals surface area contributed by atoms with Crippen molar-refractivity contribution in [3.05, 3.63) is 24.5 Å². The van der Waals surface area contributed by atoms with E-state index in [2.05, 4.69) is 19.6 Å². The number of carbonyl (C=O) groups is 1. The fraction of sp³-hybridized carbons (Fsp3) is 0.643. The lowest BCUT2D eigenvalue weighted by Gasteiger charge is -2.06. The molecule has 17 heavy (non-hydrogen) atoms. The minimum atomic E-state index is -0.339. The minimum Gasteiger partial charge on any atom is -0.499 e. The maximum Gasteiger partial charge on any atom is 0.330 e. The highest BCUT2D eigenvalue weighted by atomic mass is 16.5. The maximum absolute atomic E-state index is 10.7. The number of hydrogen-bond acceptors (Lipinski definition) is 3. The first-order valence-corrected chi connectivity index (χ1v) is 6.29. The van der Waals surface area contributed by atoms with Crippen LogP contribution in [0.5, 0.6) is 0 Å². The Bertz CT molecular complexity index is 244. The molecule has 0 spiro atoms. The Hall–Kier alpha value is -1.25. The van der Waals surface area contributed by atoms with Crippen LogP contribution in [-0.2, 0) is 14.3 Å². The van der Waals surface area contributed by atoms with Gasteiger partial charge in [-0.3, -0.25) is 0 Å². The second-order valence-electron chi connectivity index (χ2n) is 3.86. The first-order chi connectivity index (χ1) is 8.20. The summed E-state index contributed by atoms with van der Waals surface area (Å²) in [6, 6.07) is 0. The van der Waals surface area contributed by atoms with Gasteiger partial charge in [-0.05, 0) is 45.1 Å². The van der Waals surface area contributed by atoms with Crippen LogP contribution in [0.3, 0.4) is 0 Å². The maximum atomic E-state index is 10.7. The molecule has 98 valence electrons. The molecule has 0 fully saturated rings. The number of esters is 1. The number of rotatable bonds is 10.